The highest BCUT2D eigenvalue weighted by molar-refractivity contribution is 7.11. The number of aliphatic hydroxyl groups is 1. The van der Waals surface area contributed by atoms with E-state index in [1.807, 2.05) is 36.1 Å². The van der Waals surface area contributed by atoms with Crippen molar-refractivity contribution in [3.8, 4) is 5.75 Å². The molecule has 6 atom stereocenters. The number of amides is 1. The largest absolute Gasteiger partial charge is 0.486 e. The second-order valence-electron chi connectivity index (χ2n) is 10.8. The second-order valence-corrected chi connectivity index (χ2v) is 12.4. The van der Waals surface area contributed by atoms with E-state index in [1.54, 1.807) is 11.3 Å². The van der Waals surface area contributed by atoms with E-state index in [-0.39, 0.29) is 35.0 Å². The molecule has 0 bridgehead atoms. The van der Waals surface area contributed by atoms with Crippen LogP contribution in [0.15, 0.2) is 24.3 Å². The number of nitrogens with zero attached hydrogens (tertiary/aromatic N) is 2. The Balaban J connectivity index is 1.33. The fraction of sp³-hybridized carbons (Fsp3) is 0.630. The molecule has 0 radical (unpaired) electrons. The van der Waals surface area contributed by atoms with Gasteiger partial charge in [-0.2, -0.15) is 0 Å². The monoisotopic (exact) mass is 502 g/mol. The van der Waals surface area contributed by atoms with Gasteiger partial charge in [0.2, 0.25) is 5.91 Å². The van der Waals surface area contributed by atoms with Gasteiger partial charge in [-0.25, -0.2) is 4.98 Å². The fourth-order valence-corrected chi connectivity index (χ4v) is 8.23. The van der Waals surface area contributed by atoms with E-state index >= 15 is 0 Å². The van der Waals surface area contributed by atoms with Crippen molar-refractivity contribution in [2.24, 2.45) is 23.2 Å². The van der Waals surface area contributed by atoms with Crippen LogP contribution in [0.4, 0.5) is 0 Å². The lowest BCUT2D eigenvalue weighted by molar-refractivity contribution is -0.143. The molecular formula is C27H35ClN2O3S. The minimum Gasteiger partial charge on any atom is -0.486 e. The molecule has 2 aromatic rings. The molecule has 2 aliphatic carbocycles. The number of thiazole rings is 1. The zero-order chi connectivity index (χ0) is 24.0. The maximum Gasteiger partial charge on any atom is 0.225 e. The Labute approximate surface area is 211 Å². The molecule has 2 heterocycles. The zero-order valence-electron chi connectivity index (χ0n) is 20.3. The number of carbonyl (C=O) groups is 1. The molecule has 1 unspecified atom stereocenters. The third-order valence-electron chi connectivity index (χ3n) is 8.57. The first-order valence-electron chi connectivity index (χ1n) is 12.6. The zero-order valence-corrected chi connectivity index (χ0v) is 21.9. The van der Waals surface area contributed by atoms with Crippen LogP contribution < -0.4 is 4.74 Å². The lowest BCUT2D eigenvalue weighted by Crippen LogP contribution is -2.53. The summed E-state index contributed by atoms with van der Waals surface area (Å²) in [5.74, 6) is 1.10. The quantitative estimate of drug-likeness (QED) is 0.570. The molecule has 1 aliphatic heterocycles. The van der Waals surface area contributed by atoms with E-state index in [0.29, 0.717) is 11.6 Å². The summed E-state index contributed by atoms with van der Waals surface area (Å²) in [6.07, 6.45) is 4.58. The van der Waals surface area contributed by atoms with Gasteiger partial charge in [-0.15, -0.1) is 11.3 Å². The SMILES string of the molecule is C[C@H](C(=O)N1CCCC1)C1CC[C@@]2(C)Cc3sc(COc4cccc(Cl)c4)nc3[C@@H](C)[C@@H]2[C@H]1O. The molecule has 184 valence electrons. The molecule has 1 saturated heterocycles. The molecule has 5 rings (SSSR count). The van der Waals surface area contributed by atoms with Crippen LogP contribution in [0.1, 0.15) is 68.0 Å². The minimum atomic E-state index is -0.490. The van der Waals surface area contributed by atoms with Crippen LogP contribution in [0.25, 0.3) is 0 Å². The van der Waals surface area contributed by atoms with Crippen molar-refractivity contribution in [1.29, 1.82) is 0 Å². The van der Waals surface area contributed by atoms with Crippen LogP contribution >= 0.6 is 22.9 Å². The van der Waals surface area contributed by atoms with Crippen LogP contribution in [0.5, 0.6) is 5.75 Å². The first-order chi connectivity index (χ1) is 16.3. The van der Waals surface area contributed by atoms with Crippen LogP contribution in [0.3, 0.4) is 0 Å². The number of halogens is 1. The molecule has 7 heteroatoms. The molecule has 2 fully saturated rings. The summed E-state index contributed by atoms with van der Waals surface area (Å²) in [6, 6.07) is 7.43. The van der Waals surface area contributed by atoms with Crippen LogP contribution in [-0.2, 0) is 17.8 Å². The Morgan fingerprint density at radius 3 is 2.88 bits per heavy atom. The van der Waals surface area contributed by atoms with E-state index in [9.17, 15) is 9.90 Å². The number of aromatic nitrogens is 1. The molecule has 5 nitrogen and oxygen atoms in total. The summed E-state index contributed by atoms with van der Waals surface area (Å²) in [5.41, 5.74) is 1.13. The van der Waals surface area contributed by atoms with E-state index in [4.69, 9.17) is 21.3 Å². The fourth-order valence-electron chi connectivity index (χ4n) is 6.77. The third kappa shape index (κ3) is 4.38. The summed E-state index contributed by atoms with van der Waals surface area (Å²) in [5, 5.41) is 13.3. The molecule has 0 spiro atoms. The van der Waals surface area contributed by atoms with Crippen molar-refractivity contribution in [3.05, 3.63) is 44.9 Å². The van der Waals surface area contributed by atoms with E-state index < -0.39 is 6.10 Å². The predicted molar refractivity (Wildman–Crippen MR) is 135 cm³/mol. The molecule has 1 saturated carbocycles. The maximum atomic E-state index is 13.1. The highest BCUT2D eigenvalue weighted by Gasteiger charge is 2.54. The number of likely N-dealkylation sites (tertiary alicyclic amines) is 1. The number of hydrogen-bond donors (Lipinski definition) is 1. The van der Waals surface area contributed by atoms with Gasteiger partial charge in [0.1, 0.15) is 17.4 Å². The van der Waals surface area contributed by atoms with E-state index in [0.717, 1.165) is 61.6 Å². The Bertz CT molecular complexity index is 1050. The van der Waals surface area contributed by atoms with Crippen molar-refractivity contribution in [2.45, 2.75) is 71.5 Å². The van der Waals surface area contributed by atoms with Gasteiger partial charge in [0.15, 0.2) is 0 Å². The smallest absolute Gasteiger partial charge is 0.225 e. The number of ether oxygens (including phenoxy) is 1. The van der Waals surface area contributed by atoms with Crippen LogP contribution in [-0.4, -0.2) is 40.1 Å². The molecule has 34 heavy (non-hydrogen) atoms. The molecule has 1 N–H and O–H groups in total. The summed E-state index contributed by atoms with van der Waals surface area (Å²) < 4.78 is 5.95. The lowest BCUT2D eigenvalue weighted by Gasteiger charge is -2.53. The normalized spacial score (nSPS) is 31.6. The van der Waals surface area contributed by atoms with Crippen molar-refractivity contribution >= 4 is 28.8 Å². The van der Waals surface area contributed by atoms with Gasteiger partial charge in [-0.1, -0.05) is 38.4 Å². The predicted octanol–water partition coefficient (Wildman–Crippen LogP) is 5.69. The van der Waals surface area contributed by atoms with Gasteiger partial charge < -0.3 is 14.7 Å². The summed E-state index contributed by atoms with van der Waals surface area (Å²) in [7, 11) is 0. The van der Waals surface area contributed by atoms with Gasteiger partial charge in [0.25, 0.3) is 0 Å². The van der Waals surface area contributed by atoms with Gasteiger partial charge >= 0.3 is 0 Å². The number of hydrogen-bond acceptors (Lipinski definition) is 5. The Morgan fingerprint density at radius 1 is 1.38 bits per heavy atom. The standard InChI is InChI=1S/C27H35ClN2O3S/c1-16(26(32)30-11-4-5-12-30)20-9-10-27(3)14-21-24(17(2)23(27)25(20)31)29-22(34-21)15-33-19-8-6-7-18(28)13-19/h6-8,13,16-17,20,23,25,31H,4-5,9-12,14-15H2,1-3H3/t16-,17-,20?,23+,25-,27-/m0/s1. The number of rotatable bonds is 5. The molecule has 1 aromatic carbocycles. The number of carbonyl (C=O) groups excluding carboxylic acids is 1. The van der Waals surface area contributed by atoms with Gasteiger partial charge in [-0.05, 0) is 67.6 Å². The summed E-state index contributed by atoms with van der Waals surface area (Å²) in [4.78, 5) is 21.4. The third-order valence-corrected chi connectivity index (χ3v) is 9.85. The number of aliphatic hydroxyl groups excluding tert-OH is 1. The van der Waals surface area contributed by atoms with Crippen molar-refractivity contribution in [2.75, 3.05) is 13.1 Å². The van der Waals surface area contributed by atoms with Crippen molar-refractivity contribution in [3.63, 3.8) is 0 Å². The van der Waals surface area contributed by atoms with Crippen LogP contribution in [0.2, 0.25) is 5.02 Å². The molecule has 1 amide bonds. The Kier molecular flexibility index (Phi) is 6.68. The maximum absolute atomic E-state index is 13.1. The summed E-state index contributed by atoms with van der Waals surface area (Å²) in [6.45, 7) is 8.71. The minimum absolute atomic E-state index is 0.0134. The van der Waals surface area contributed by atoms with Crippen molar-refractivity contribution in [1.82, 2.24) is 9.88 Å². The van der Waals surface area contributed by atoms with Gasteiger partial charge in [0, 0.05) is 34.8 Å². The Hall–Kier alpha value is -1.63. The molecular weight excluding hydrogens is 468 g/mol. The lowest BCUT2D eigenvalue weighted by atomic mass is 9.53. The van der Waals surface area contributed by atoms with Crippen LogP contribution in [0, 0.1) is 23.2 Å². The second kappa shape index (κ2) is 9.44. The van der Waals surface area contributed by atoms with Gasteiger partial charge in [-0.3, -0.25) is 4.79 Å². The topological polar surface area (TPSA) is 62.7 Å². The van der Waals surface area contributed by atoms with E-state index in [1.165, 1.54) is 4.88 Å². The molecule has 1 aromatic heterocycles. The highest BCUT2D eigenvalue weighted by Crippen LogP contribution is 2.57. The van der Waals surface area contributed by atoms with Gasteiger partial charge in [0.05, 0.1) is 11.8 Å². The average Bonchev–Trinajstić information content (AvgIpc) is 3.47. The summed E-state index contributed by atoms with van der Waals surface area (Å²) >= 11 is 7.81. The highest BCUT2D eigenvalue weighted by atomic mass is 35.5. The number of fused-ring (bicyclic) bond motifs is 2. The average molecular weight is 503 g/mol. The Morgan fingerprint density at radius 2 is 2.15 bits per heavy atom. The van der Waals surface area contributed by atoms with Crippen molar-refractivity contribution < 1.29 is 14.6 Å². The first kappa shape index (κ1) is 24.1. The molecule has 3 aliphatic rings. The number of benzene rings is 1. The first-order valence-corrected chi connectivity index (χ1v) is 13.8. The van der Waals surface area contributed by atoms with E-state index in [2.05, 4.69) is 13.8 Å².